The Morgan fingerprint density at radius 3 is 2.88 bits per heavy atom. The lowest BCUT2D eigenvalue weighted by molar-refractivity contribution is -0.137. The molecular formula is C15H19F3N2O4. The molecule has 2 rings (SSSR count). The molecule has 1 atom stereocenters. The molecule has 0 bridgehead atoms. The lowest BCUT2D eigenvalue weighted by Gasteiger charge is -2.34. The Balaban J connectivity index is 2.24. The second-order valence-electron chi connectivity index (χ2n) is 5.18. The number of halogens is 3. The summed E-state index contributed by atoms with van der Waals surface area (Å²) in [6.07, 6.45) is -4.53. The summed E-state index contributed by atoms with van der Waals surface area (Å²) >= 11 is 0. The number of morpholine rings is 1. The molecule has 0 spiro atoms. The number of hydrogen-bond donors (Lipinski definition) is 2. The molecule has 2 N–H and O–H groups in total. The Morgan fingerprint density at radius 1 is 1.50 bits per heavy atom. The molecule has 0 radical (unpaired) electrons. The van der Waals surface area contributed by atoms with E-state index in [0.717, 1.165) is 12.1 Å². The standard InChI is InChI=1S/C15H19F3N2O4/c1-2-24-13-4-3-10(15(16,17)18)7-12(13)19-14(22)20-5-6-23-9-11(20)8-21/h3-4,7,11,21H,2,5-6,8-9H2,1H3,(H,19,22). The normalized spacial score (nSPS) is 18.4. The number of aliphatic hydroxyl groups is 1. The average Bonchev–Trinajstić information content (AvgIpc) is 2.55. The summed E-state index contributed by atoms with van der Waals surface area (Å²) in [6, 6.07) is 1.74. The maximum Gasteiger partial charge on any atom is 0.416 e. The van der Waals surface area contributed by atoms with Gasteiger partial charge in [0.1, 0.15) is 5.75 Å². The summed E-state index contributed by atoms with van der Waals surface area (Å²) in [6.45, 7) is 2.34. The van der Waals surface area contributed by atoms with Crippen molar-refractivity contribution in [3.63, 3.8) is 0 Å². The number of nitrogens with one attached hydrogen (secondary N) is 1. The molecule has 134 valence electrons. The average molecular weight is 348 g/mol. The van der Waals surface area contributed by atoms with Crippen LogP contribution in [0.2, 0.25) is 0 Å². The molecule has 1 aliphatic rings. The van der Waals surface area contributed by atoms with Crippen LogP contribution in [-0.4, -0.2) is 55.1 Å². The zero-order valence-electron chi connectivity index (χ0n) is 13.1. The van der Waals surface area contributed by atoms with Crippen molar-refractivity contribution in [1.29, 1.82) is 0 Å². The maximum atomic E-state index is 12.9. The van der Waals surface area contributed by atoms with Crippen molar-refractivity contribution in [2.45, 2.75) is 19.1 Å². The van der Waals surface area contributed by atoms with Crippen LogP contribution < -0.4 is 10.1 Å². The number of aliphatic hydroxyl groups excluding tert-OH is 1. The van der Waals surface area contributed by atoms with Crippen molar-refractivity contribution in [3.05, 3.63) is 23.8 Å². The van der Waals surface area contributed by atoms with Crippen LogP contribution >= 0.6 is 0 Å². The predicted octanol–water partition coefficient (Wildman–Crippen LogP) is 2.33. The molecular weight excluding hydrogens is 329 g/mol. The van der Waals surface area contributed by atoms with Crippen LogP contribution in [0.4, 0.5) is 23.7 Å². The summed E-state index contributed by atoms with van der Waals surface area (Å²) in [7, 11) is 0. The number of urea groups is 1. The van der Waals surface area contributed by atoms with Gasteiger partial charge in [-0.15, -0.1) is 0 Å². The minimum absolute atomic E-state index is 0.0696. The fraction of sp³-hybridized carbons (Fsp3) is 0.533. The van der Waals surface area contributed by atoms with E-state index in [9.17, 15) is 23.1 Å². The summed E-state index contributed by atoms with van der Waals surface area (Å²) < 4.78 is 49.1. The number of rotatable bonds is 4. The number of amides is 2. The first kappa shape index (κ1) is 18.3. The van der Waals surface area contributed by atoms with Gasteiger partial charge < -0.3 is 24.8 Å². The number of ether oxygens (including phenoxy) is 2. The van der Waals surface area contributed by atoms with Gasteiger partial charge in [0.25, 0.3) is 0 Å². The van der Waals surface area contributed by atoms with E-state index in [4.69, 9.17) is 9.47 Å². The number of anilines is 1. The SMILES string of the molecule is CCOc1ccc(C(F)(F)F)cc1NC(=O)N1CCOCC1CO. The van der Waals surface area contributed by atoms with Gasteiger partial charge in [-0.25, -0.2) is 4.79 Å². The maximum absolute atomic E-state index is 12.9. The monoisotopic (exact) mass is 348 g/mol. The lowest BCUT2D eigenvalue weighted by Crippen LogP contribution is -2.52. The third-order valence-electron chi connectivity index (χ3n) is 3.55. The fourth-order valence-corrected chi connectivity index (χ4v) is 2.35. The van der Waals surface area contributed by atoms with Gasteiger partial charge in [0.2, 0.25) is 0 Å². The van der Waals surface area contributed by atoms with Crippen molar-refractivity contribution >= 4 is 11.7 Å². The highest BCUT2D eigenvalue weighted by Gasteiger charge is 2.32. The molecule has 0 aromatic heterocycles. The first-order valence-corrected chi connectivity index (χ1v) is 7.47. The van der Waals surface area contributed by atoms with Gasteiger partial charge in [-0.1, -0.05) is 0 Å². The molecule has 1 aliphatic heterocycles. The van der Waals surface area contributed by atoms with Crippen LogP contribution in [0.25, 0.3) is 0 Å². The van der Waals surface area contributed by atoms with Crippen molar-refractivity contribution in [2.24, 2.45) is 0 Å². The van der Waals surface area contributed by atoms with Gasteiger partial charge in [-0.3, -0.25) is 0 Å². The largest absolute Gasteiger partial charge is 0.492 e. The molecule has 2 amide bonds. The molecule has 1 fully saturated rings. The quantitative estimate of drug-likeness (QED) is 0.876. The minimum atomic E-state index is -4.53. The lowest BCUT2D eigenvalue weighted by atomic mass is 10.1. The van der Waals surface area contributed by atoms with Gasteiger partial charge in [-0.05, 0) is 25.1 Å². The van der Waals surface area contributed by atoms with Gasteiger partial charge in [-0.2, -0.15) is 13.2 Å². The van der Waals surface area contributed by atoms with Crippen molar-refractivity contribution in [1.82, 2.24) is 4.90 Å². The Morgan fingerprint density at radius 2 is 2.25 bits per heavy atom. The Kier molecular flexibility index (Phi) is 5.89. The number of carbonyl (C=O) groups is 1. The molecule has 6 nitrogen and oxygen atoms in total. The minimum Gasteiger partial charge on any atom is -0.492 e. The third kappa shape index (κ3) is 4.30. The van der Waals surface area contributed by atoms with Crippen LogP contribution in [-0.2, 0) is 10.9 Å². The topological polar surface area (TPSA) is 71.0 Å². The number of carbonyl (C=O) groups excluding carboxylic acids is 1. The molecule has 1 unspecified atom stereocenters. The van der Waals surface area contributed by atoms with E-state index in [-0.39, 0.29) is 37.8 Å². The van der Waals surface area contributed by atoms with Crippen LogP contribution in [0.3, 0.4) is 0 Å². The van der Waals surface area contributed by atoms with Gasteiger partial charge in [0.05, 0.1) is 43.7 Å². The molecule has 1 aromatic rings. The Bertz CT molecular complexity index is 580. The molecule has 1 saturated heterocycles. The Labute approximate surface area is 137 Å². The van der Waals surface area contributed by atoms with Crippen molar-refractivity contribution < 1.29 is 32.5 Å². The zero-order chi connectivity index (χ0) is 17.7. The molecule has 1 aromatic carbocycles. The van der Waals surface area contributed by atoms with Gasteiger partial charge >= 0.3 is 12.2 Å². The number of hydrogen-bond acceptors (Lipinski definition) is 4. The predicted molar refractivity (Wildman–Crippen MR) is 80.0 cm³/mol. The number of alkyl halides is 3. The van der Waals surface area contributed by atoms with E-state index >= 15 is 0 Å². The molecule has 9 heteroatoms. The van der Waals surface area contributed by atoms with Crippen LogP contribution in [0, 0.1) is 0 Å². The summed E-state index contributed by atoms with van der Waals surface area (Å²) in [5, 5.41) is 11.7. The van der Waals surface area contributed by atoms with Gasteiger partial charge in [0, 0.05) is 6.54 Å². The van der Waals surface area contributed by atoms with E-state index in [0.29, 0.717) is 6.61 Å². The molecule has 0 saturated carbocycles. The van der Waals surface area contributed by atoms with E-state index < -0.39 is 23.8 Å². The van der Waals surface area contributed by atoms with Gasteiger partial charge in [0.15, 0.2) is 0 Å². The number of benzene rings is 1. The second-order valence-corrected chi connectivity index (χ2v) is 5.18. The highest BCUT2D eigenvalue weighted by molar-refractivity contribution is 5.91. The highest BCUT2D eigenvalue weighted by atomic mass is 19.4. The summed E-state index contributed by atoms with van der Waals surface area (Å²) in [4.78, 5) is 13.7. The fourth-order valence-electron chi connectivity index (χ4n) is 2.35. The van der Waals surface area contributed by atoms with E-state index in [1.54, 1.807) is 6.92 Å². The molecule has 0 aliphatic carbocycles. The Hall–Kier alpha value is -2.00. The van der Waals surface area contributed by atoms with Crippen molar-refractivity contribution in [3.8, 4) is 5.75 Å². The van der Waals surface area contributed by atoms with E-state index in [1.165, 1.54) is 11.0 Å². The molecule has 1 heterocycles. The zero-order valence-corrected chi connectivity index (χ0v) is 13.1. The van der Waals surface area contributed by atoms with Crippen molar-refractivity contribution in [2.75, 3.05) is 38.3 Å². The first-order chi connectivity index (χ1) is 11.4. The van der Waals surface area contributed by atoms with Crippen LogP contribution in [0.1, 0.15) is 12.5 Å². The van der Waals surface area contributed by atoms with Crippen LogP contribution in [0.15, 0.2) is 18.2 Å². The number of nitrogens with zero attached hydrogens (tertiary/aromatic N) is 1. The van der Waals surface area contributed by atoms with E-state index in [1.807, 2.05) is 0 Å². The molecule has 24 heavy (non-hydrogen) atoms. The highest BCUT2D eigenvalue weighted by Crippen LogP contribution is 2.35. The van der Waals surface area contributed by atoms with E-state index in [2.05, 4.69) is 5.32 Å². The smallest absolute Gasteiger partial charge is 0.416 e. The summed E-state index contributed by atoms with van der Waals surface area (Å²) in [5.74, 6) is 0.146. The first-order valence-electron chi connectivity index (χ1n) is 7.47. The third-order valence-corrected chi connectivity index (χ3v) is 3.55. The van der Waals surface area contributed by atoms with Crippen LogP contribution in [0.5, 0.6) is 5.75 Å². The second kappa shape index (κ2) is 7.71. The summed E-state index contributed by atoms with van der Waals surface area (Å²) in [5.41, 5.74) is -0.957.